The first kappa shape index (κ1) is 23.7. The minimum Gasteiger partial charge on any atom is -0.382 e. The SMILES string of the molecule is CCC(C)N(Cc1ccc(OS(=O)(=O)CC)cc1)C(=O)c1ccc(C(F)(F)F)cc1. The third-order valence-corrected chi connectivity index (χ3v) is 5.85. The highest BCUT2D eigenvalue weighted by Gasteiger charge is 2.30. The number of alkyl halides is 3. The molecule has 164 valence electrons. The Kier molecular flexibility index (Phi) is 7.52. The van der Waals surface area contributed by atoms with Crippen molar-refractivity contribution in [3.63, 3.8) is 0 Å². The summed E-state index contributed by atoms with van der Waals surface area (Å²) in [6.07, 6.45) is -3.81. The van der Waals surface area contributed by atoms with Crippen molar-refractivity contribution in [1.29, 1.82) is 0 Å². The predicted octanol–water partition coefficient (Wildman–Crippen LogP) is 4.87. The summed E-state index contributed by atoms with van der Waals surface area (Å²) < 4.78 is 66.3. The second-order valence-corrected chi connectivity index (χ2v) is 8.70. The van der Waals surface area contributed by atoms with Gasteiger partial charge in [0.15, 0.2) is 0 Å². The van der Waals surface area contributed by atoms with E-state index in [2.05, 4.69) is 0 Å². The standard InChI is InChI=1S/C21H24F3NO4S/c1-4-15(3)25(20(26)17-8-10-18(11-9-17)21(22,23)24)14-16-6-12-19(13-7-16)29-30(27,28)5-2/h6-13,15H,4-5,14H2,1-3H3. The van der Waals surface area contributed by atoms with E-state index in [1.807, 2.05) is 13.8 Å². The lowest BCUT2D eigenvalue weighted by Gasteiger charge is -2.29. The summed E-state index contributed by atoms with van der Waals surface area (Å²) in [5.41, 5.74) is 0.0841. The van der Waals surface area contributed by atoms with Gasteiger partial charge in [-0.15, -0.1) is 0 Å². The van der Waals surface area contributed by atoms with Crippen LogP contribution in [0.2, 0.25) is 0 Å². The maximum absolute atomic E-state index is 12.9. The molecule has 0 saturated carbocycles. The van der Waals surface area contributed by atoms with Crippen molar-refractivity contribution in [3.8, 4) is 5.75 Å². The molecule has 0 bridgehead atoms. The number of amides is 1. The fourth-order valence-corrected chi connectivity index (χ4v) is 3.19. The van der Waals surface area contributed by atoms with Gasteiger partial charge in [-0.05, 0) is 62.2 Å². The van der Waals surface area contributed by atoms with Gasteiger partial charge in [-0.25, -0.2) is 0 Å². The molecule has 0 heterocycles. The second-order valence-electron chi connectivity index (χ2n) is 6.84. The van der Waals surface area contributed by atoms with Crippen LogP contribution in [-0.2, 0) is 22.8 Å². The highest BCUT2D eigenvalue weighted by Crippen LogP contribution is 2.29. The molecule has 1 atom stereocenters. The fraction of sp³-hybridized carbons (Fsp3) is 0.381. The summed E-state index contributed by atoms with van der Waals surface area (Å²) in [6, 6.07) is 10.3. The third-order valence-electron chi connectivity index (χ3n) is 4.70. The maximum Gasteiger partial charge on any atom is 0.416 e. The zero-order valence-corrected chi connectivity index (χ0v) is 17.8. The molecule has 2 aromatic carbocycles. The molecule has 0 aliphatic carbocycles. The molecule has 1 amide bonds. The van der Waals surface area contributed by atoms with Gasteiger partial charge in [0.1, 0.15) is 5.75 Å². The first-order valence-corrected chi connectivity index (χ1v) is 11.0. The molecule has 0 saturated heterocycles. The quantitative estimate of drug-likeness (QED) is 0.546. The first-order chi connectivity index (χ1) is 14.0. The summed E-state index contributed by atoms with van der Waals surface area (Å²) in [7, 11) is -3.63. The van der Waals surface area contributed by atoms with Gasteiger partial charge in [0.25, 0.3) is 5.91 Å². The fourth-order valence-electron chi connectivity index (χ4n) is 2.67. The van der Waals surface area contributed by atoms with Gasteiger partial charge < -0.3 is 9.08 Å². The summed E-state index contributed by atoms with van der Waals surface area (Å²) in [5, 5.41) is 0. The summed E-state index contributed by atoms with van der Waals surface area (Å²) >= 11 is 0. The Hall–Kier alpha value is -2.55. The lowest BCUT2D eigenvalue weighted by atomic mass is 10.1. The maximum atomic E-state index is 12.9. The van der Waals surface area contributed by atoms with E-state index in [0.717, 1.165) is 17.7 Å². The molecule has 0 aromatic heterocycles. The van der Waals surface area contributed by atoms with Crippen molar-refractivity contribution in [1.82, 2.24) is 4.90 Å². The van der Waals surface area contributed by atoms with Crippen molar-refractivity contribution >= 4 is 16.0 Å². The van der Waals surface area contributed by atoms with Crippen LogP contribution >= 0.6 is 0 Å². The topological polar surface area (TPSA) is 63.7 Å². The highest BCUT2D eigenvalue weighted by atomic mass is 32.2. The summed E-state index contributed by atoms with van der Waals surface area (Å²) in [6.45, 7) is 5.45. The van der Waals surface area contributed by atoms with Crippen molar-refractivity contribution in [3.05, 3.63) is 65.2 Å². The molecule has 0 N–H and O–H groups in total. The van der Waals surface area contributed by atoms with Crippen LogP contribution in [0.15, 0.2) is 48.5 Å². The first-order valence-electron chi connectivity index (χ1n) is 9.46. The van der Waals surface area contributed by atoms with Crippen LogP contribution in [0.4, 0.5) is 13.2 Å². The lowest BCUT2D eigenvalue weighted by Crippen LogP contribution is -2.37. The van der Waals surface area contributed by atoms with Crippen molar-refractivity contribution < 1.29 is 30.6 Å². The van der Waals surface area contributed by atoms with Crippen LogP contribution in [0.3, 0.4) is 0 Å². The molecule has 2 aromatic rings. The molecule has 1 unspecified atom stereocenters. The molecule has 2 rings (SSSR count). The van der Waals surface area contributed by atoms with Gasteiger partial charge in [-0.3, -0.25) is 4.79 Å². The number of hydrogen-bond acceptors (Lipinski definition) is 4. The van der Waals surface area contributed by atoms with Gasteiger partial charge >= 0.3 is 16.3 Å². The zero-order valence-electron chi connectivity index (χ0n) is 16.9. The van der Waals surface area contributed by atoms with Crippen LogP contribution in [0.1, 0.15) is 48.7 Å². The van der Waals surface area contributed by atoms with Gasteiger partial charge in [-0.2, -0.15) is 21.6 Å². The molecule has 0 aliphatic heterocycles. The van der Waals surface area contributed by atoms with Crippen LogP contribution in [0.25, 0.3) is 0 Å². The number of rotatable bonds is 8. The van der Waals surface area contributed by atoms with Crippen LogP contribution in [-0.4, -0.2) is 31.0 Å². The van der Waals surface area contributed by atoms with Gasteiger partial charge in [-0.1, -0.05) is 19.1 Å². The number of hydrogen-bond donors (Lipinski definition) is 0. The Balaban J connectivity index is 2.21. The van der Waals surface area contributed by atoms with Gasteiger partial charge in [0, 0.05) is 18.2 Å². The Morgan fingerprint density at radius 2 is 1.60 bits per heavy atom. The van der Waals surface area contributed by atoms with Crippen LogP contribution < -0.4 is 4.18 Å². The monoisotopic (exact) mass is 443 g/mol. The van der Waals surface area contributed by atoms with Crippen molar-refractivity contribution in [2.45, 2.75) is 46.0 Å². The van der Waals surface area contributed by atoms with E-state index in [1.54, 1.807) is 17.0 Å². The number of nitrogens with zero attached hydrogens (tertiary/aromatic N) is 1. The van der Waals surface area contributed by atoms with Crippen molar-refractivity contribution in [2.75, 3.05) is 5.75 Å². The average molecular weight is 443 g/mol. The van der Waals surface area contributed by atoms with E-state index in [9.17, 15) is 26.4 Å². The van der Waals surface area contributed by atoms with Crippen LogP contribution in [0, 0.1) is 0 Å². The molecule has 5 nitrogen and oxygen atoms in total. The Morgan fingerprint density at radius 1 is 1.03 bits per heavy atom. The molecule has 0 aliphatic rings. The average Bonchev–Trinajstić information content (AvgIpc) is 2.71. The van der Waals surface area contributed by atoms with E-state index >= 15 is 0 Å². The van der Waals surface area contributed by atoms with E-state index in [4.69, 9.17) is 4.18 Å². The van der Waals surface area contributed by atoms with Crippen molar-refractivity contribution in [2.24, 2.45) is 0 Å². The van der Waals surface area contributed by atoms with E-state index in [1.165, 1.54) is 31.2 Å². The third kappa shape index (κ3) is 6.22. The number of benzene rings is 2. The van der Waals surface area contributed by atoms with E-state index < -0.39 is 21.9 Å². The normalized spacial score (nSPS) is 13.0. The molecule has 30 heavy (non-hydrogen) atoms. The molecule has 0 spiro atoms. The Morgan fingerprint density at radius 3 is 2.07 bits per heavy atom. The molecular formula is C21H24F3NO4S. The minimum atomic E-state index is -4.47. The molecule has 9 heteroatoms. The molecule has 0 radical (unpaired) electrons. The molecular weight excluding hydrogens is 419 g/mol. The van der Waals surface area contributed by atoms with E-state index in [0.29, 0.717) is 6.42 Å². The minimum absolute atomic E-state index is 0.155. The van der Waals surface area contributed by atoms with E-state index in [-0.39, 0.29) is 35.6 Å². The summed E-state index contributed by atoms with van der Waals surface area (Å²) in [4.78, 5) is 14.5. The number of halogens is 3. The second kappa shape index (κ2) is 9.51. The van der Waals surface area contributed by atoms with Crippen LogP contribution in [0.5, 0.6) is 5.75 Å². The summed E-state index contributed by atoms with van der Waals surface area (Å²) in [5.74, 6) is -0.366. The number of carbonyl (C=O) groups excluding carboxylic acids is 1. The molecule has 0 fully saturated rings. The Labute approximate surface area is 174 Å². The number of carbonyl (C=O) groups is 1. The lowest BCUT2D eigenvalue weighted by molar-refractivity contribution is -0.137. The smallest absolute Gasteiger partial charge is 0.382 e. The zero-order chi connectivity index (χ0) is 22.5. The van der Waals surface area contributed by atoms with Gasteiger partial charge in [0.05, 0.1) is 11.3 Å². The highest BCUT2D eigenvalue weighted by molar-refractivity contribution is 7.87. The van der Waals surface area contributed by atoms with Gasteiger partial charge in [0.2, 0.25) is 0 Å². The Bertz CT molecular complexity index is 955. The predicted molar refractivity (Wildman–Crippen MR) is 108 cm³/mol. The largest absolute Gasteiger partial charge is 0.416 e.